The molecule has 1 unspecified atom stereocenters. The van der Waals surface area contributed by atoms with Gasteiger partial charge in [0.1, 0.15) is 11.5 Å². The Labute approximate surface area is 170 Å². The number of amides is 1. The molecule has 1 heterocycles. The Morgan fingerprint density at radius 2 is 1.90 bits per heavy atom. The van der Waals surface area contributed by atoms with E-state index in [2.05, 4.69) is 10.3 Å². The van der Waals surface area contributed by atoms with Gasteiger partial charge in [0.05, 0.1) is 26.5 Å². The SMILES string of the molecule is COc1ccc(OC)c(C(C)NC(=O)CCc2ncc(-c3ccc(C)cc3)o2)c1. The number of carbonyl (C=O) groups excluding carboxylic acids is 1. The molecule has 0 aliphatic heterocycles. The first-order valence-electron chi connectivity index (χ1n) is 9.53. The summed E-state index contributed by atoms with van der Waals surface area (Å²) in [5, 5.41) is 2.99. The number of oxazole rings is 1. The van der Waals surface area contributed by atoms with Crippen LogP contribution in [-0.4, -0.2) is 25.1 Å². The molecule has 3 aromatic rings. The van der Waals surface area contributed by atoms with Crippen LogP contribution in [0.25, 0.3) is 11.3 Å². The molecule has 1 aromatic heterocycles. The van der Waals surface area contributed by atoms with Crippen molar-refractivity contribution in [2.75, 3.05) is 14.2 Å². The van der Waals surface area contributed by atoms with Crippen LogP contribution in [0.4, 0.5) is 0 Å². The molecule has 0 bridgehead atoms. The quantitative estimate of drug-likeness (QED) is 0.610. The lowest BCUT2D eigenvalue weighted by Gasteiger charge is -2.18. The van der Waals surface area contributed by atoms with Crippen LogP contribution in [-0.2, 0) is 11.2 Å². The summed E-state index contributed by atoms with van der Waals surface area (Å²) in [5.41, 5.74) is 3.02. The Hall–Kier alpha value is -3.28. The van der Waals surface area contributed by atoms with E-state index >= 15 is 0 Å². The fourth-order valence-electron chi connectivity index (χ4n) is 3.07. The maximum absolute atomic E-state index is 12.4. The van der Waals surface area contributed by atoms with E-state index in [1.54, 1.807) is 20.4 Å². The molecule has 152 valence electrons. The molecule has 1 amide bonds. The van der Waals surface area contributed by atoms with Gasteiger partial charge < -0.3 is 19.2 Å². The highest BCUT2D eigenvalue weighted by Crippen LogP contribution is 2.29. The Kier molecular flexibility index (Phi) is 6.54. The molecular weight excluding hydrogens is 368 g/mol. The van der Waals surface area contributed by atoms with E-state index in [1.807, 2.05) is 56.3 Å². The van der Waals surface area contributed by atoms with Crippen molar-refractivity contribution in [2.45, 2.75) is 32.7 Å². The van der Waals surface area contributed by atoms with E-state index in [4.69, 9.17) is 13.9 Å². The number of carbonyl (C=O) groups is 1. The minimum Gasteiger partial charge on any atom is -0.497 e. The standard InChI is InChI=1S/C23H26N2O4/c1-15-5-7-17(8-6-15)21-14-24-23(29-21)12-11-22(26)25-16(2)19-13-18(27-3)9-10-20(19)28-4/h5-10,13-14,16H,11-12H2,1-4H3,(H,25,26). The maximum Gasteiger partial charge on any atom is 0.220 e. The van der Waals surface area contributed by atoms with Gasteiger partial charge in [0.2, 0.25) is 5.91 Å². The van der Waals surface area contributed by atoms with Crippen LogP contribution >= 0.6 is 0 Å². The molecule has 0 spiro atoms. The van der Waals surface area contributed by atoms with Gasteiger partial charge in [-0.15, -0.1) is 0 Å². The molecule has 29 heavy (non-hydrogen) atoms. The molecule has 1 atom stereocenters. The highest BCUT2D eigenvalue weighted by molar-refractivity contribution is 5.76. The lowest BCUT2D eigenvalue weighted by molar-refractivity contribution is -0.121. The normalized spacial score (nSPS) is 11.7. The summed E-state index contributed by atoms with van der Waals surface area (Å²) in [6.07, 6.45) is 2.41. The first-order chi connectivity index (χ1) is 14.0. The predicted molar refractivity (Wildman–Crippen MR) is 111 cm³/mol. The van der Waals surface area contributed by atoms with E-state index in [0.717, 1.165) is 11.1 Å². The van der Waals surface area contributed by atoms with Crippen molar-refractivity contribution in [2.24, 2.45) is 0 Å². The Balaban J connectivity index is 1.58. The second-order valence-corrected chi connectivity index (χ2v) is 6.88. The average Bonchev–Trinajstić information content (AvgIpc) is 3.21. The molecule has 6 nitrogen and oxygen atoms in total. The number of nitrogens with zero attached hydrogens (tertiary/aromatic N) is 1. The number of benzene rings is 2. The van der Waals surface area contributed by atoms with Gasteiger partial charge in [-0.1, -0.05) is 29.8 Å². The third-order valence-corrected chi connectivity index (χ3v) is 4.74. The van der Waals surface area contributed by atoms with E-state index in [0.29, 0.717) is 29.6 Å². The van der Waals surface area contributed by atoms with Gasteiger partial charge in [0.25, 0.3) is 0 Å². The minimum absolute atomic E-state index is 0.0857. The number of hydrogen-bond acceptors (Lipinski definition) is 5. The molecule has 2 aromatic carbocycles. The molecule has 1 N–H and O–H groups in total. The van der Waals surface area contributed by atoms with E-state index < -0.39 is 0 Å². The van der Waals surface area contributed by atoms with Crippen LogP contribution in [0.2, 0.25) is 0 Å². The summed E-state index contributed by atoms with van der Waals surface area (Å²) in [6, 6.07) is 13.3. The summed E-state index contributed by atoms with van der Waals surface area (Å²) in [6.45, 7) is 3.95. The van der Waals surface area contributed by atoms with Crippen LogP contribution in [0.15, 0.2) is 53.1 Å². The van der Waals surface area contributed by atoms with Gasteiger partial charge in [0.15, 0.2) is 11.7 Å². The summed E-state index contributed by atoms with van der Waals surface area (Å²) >= 11 is 0. The zero-order chi connectivity index (χ0) is 20.8. The molecule has 0 aliphatic carbocycles. The highest BCUT2D eigenvalue weighted by Gasteiger charge is 2.16. The largest absolute Gasteiger partial charge is 0.497 e. The van der Waals surface area contributed by atoms with Gasteiger partial charge in [0, 0.05) is 24.0 Å². The van der Waals surface area contributed by atoms with Crippen LogP contribution in [0, 0.1) is 6.92 Å². The molecule has 0 saturated heterocycles. The number of hydrogen-bond donors (Lipinski definition) is 1. The summed E-state index contributed by atoms with van der Waals surface area (Å²) in [4.78, 5) is 16.7. The van der Waals surface area contributed by atoms with Crippen LogP contribution in [0.5, 0.6) is 11.5 Å². The lowest BCUT2D eigenvalue weighted by Crippen LogP contribution is -2.27. The van der Waals surface area contributed by atoms with Crippen molar-refractivity contribution in [1.82, 2.24) is 10.3 Å². The zero-order valence-corrected chi connectivity index (χ0v) is 17.2. The zero-order valence-electron chi connectivity index (χ0n) is 17.2. The number of nitrogens with one attached hydrogen (secondary N) is 1. The van der Waals surface area contributed by atoms with Crippen LogP contribution < -0.4 is 14.8 Å². The van der Waals surface area contributed by atoms with Gasteiger partial charge in [-0.2, -0.15) is 0 Å². The number of methoxy groups -OCH3 is 2. The molecule has 6 heteroatoms. The van der Waals surface area contributed by atoms with Gasteiger partial charge in [-0.3, -0.25) is 4.79 Å². The first kappa shape index (κ1) is 20.5. The van der Waals surface area contributed by atoms with Crippen LogP contribution in [0.3, 0.4) is 0 Å². The van der Waals surface area contributed by atoms with Gasteiger partial charge in [-0.05, 0) is 32.0 Å². The average molecular weight is 394 g/mol. The van der Waals surface area contributed by atoms with Crippen LogP contribution in [0.1, 0.15) is 36.4 Å². The van der Waals surface area contributed by atoms with Crippen molar-refractivity contribution < 1.29 is 18.7 Å². The summed E-state index contributed by atoms with van der Waals surface area (Å²) in [5.74, 6) is 2.58. The topological polar surface area (TPSA) is 73.6 Å². The monoisotopic (exact) mass is 394 g/mol. The molecule has 0 aliphatic rings. The maximum atomic E-state index is 12.4. The molecule has 0 saturated carbocycles. The number of aryl methyl sites for hydroxylation is 2. The fourth-order valence-corrected chi connectivity index (χ4v) is 3.07. The fraction of sp³-hybridized carbons (Fsp3) is 0.304. The van der Waals surface area contributed by atoms with Crippen molar-refractivity contribution in [3.05, 3.63) is 65.7 Å². The van der Waals surface area contributed by atoms with Crippen molar-refractivity contribution in [1.29, 1.82) is 0 Å². The van der Waals surface area contributed by atoms with Gasteiger partial charge in [-0.25, -0.2) is 4.98 Å². The summed E-state index contributed by atoms with van der Waals surface area (Å²) in [7, 11) is 3.21. The Bertz CT molecular complexity index is 963. The smallest absolute Gasteiger partial charge is 0.220 e. The summed E-state index contributed by atoms with van der Waals surface area (Å²) < 4.78 is 16.5. The number of aromatic nitrogens is 1. The van der Waals surface area contributed by atoms with Crippen molar-refractivity contribution >= 4 is 5.91 Å². The Morgan fingerprint density at radius 1 is 1.14 bits per heavy atom. The number of rotatable bonds is 8. The van der Waals surface area contributed by atoms with Gasteiger partial charge >= 0.3 is 0 Å². The molecule has 0 fully saturated rings. The van der Waals surface area contributed by atoms with E-state index in [9.17, 15) is 4.79 Å². The molecule has 0 radical (unpaired) electrons. The third-order valence-electron chi connectivity index (χ3n) is 4.74. The number of ether oxygens (including phenoxy) is 2. The van der Waals surface area contributed by atoms with Crippen molar-refractivity contribution in [3.8, 4) is 22.8 Å². The third kappa shape index (κ3) is 5.16. The molecule has 3 rings (SSSR count). The van der Waals surface area contributed by atoms with Crippen molar-refractivity contribution in [3.63, 3.8) is 0 Å². The second-order valence-electron chi connectivity index (χ2n) is 6.88. The van der Waals surface area contributed by atoms with E-state index in [-0.39, 0.29) is 18.4 Å². The lowest BCUT2D eigenvalue weighted by atomic mass is 10.1. The van der Waals surface area contributed by atoms with E-state index in [1.165, 1.54) is 5.56 Å². The highest BCUT2D eigenvalue weighted by atomic mass is 16.5. The Morgan fingerprint density at radius 3 is 2.59 bits per heavy atom. The predicted octanol–water partition coefficient (Wildman–Crippen LogP) is 4.48. The second kappa shape index (κ2) is 9.28. The minimum atomic E-state index is -0.222. The first-order valence-corrected chi connectivity index (χ1v) is 9.53. The molecular formula is C23H26N2O4.